The first-order valence-corrected chi connectivity index (χ1v) is 8.65. The monoisotopic (exact) mass is 302 g/mol. The summed E-state index contributed by atoms with van der Waals surface area (Å²) in [6.07, 6.45) is 9.45. The Balaban J connectivity index is 2.12. The van der Waals surface area contributed by atoms with Crippen molar-refractivity contribution in [3.63, 3.8) is 0 Å². The van der Waals surface area contributed by atoms with Gasteiger partial charge in [0.15, 0.2) is 11.5 Å². The van der Waals surface area contributed by atoms with Gasteiger partial charge in [-0.3, -0.25) is 0 Å². The smallest absolute Gasteiger partial charge is 0.160 e. The fourth-order valence-corrected chi connectivity index (χ4v) is 3.86. The Hall–Kier alpha value is -1.44. The first-order valence-electron chi connectivity index (χ1n) is 8.65. The van der Waals surface area contributed by atoms with Gasteiger partial charge in [0.2, 0.25) is 0 Å². The van der Waals surface area contributed by atoms with E-state index in [1.807, 2.05) is 6.07 Å². The van der Waals surface area contributed by atoms with Gasteiger partial charge < -0.3 is 9.84 Å². The highest BCUT2D eigenvalue weighted by Gasteiger charge is 2.23. The van der Waals surface area contributed by atoms with Crippen LogP contribution in [0.15, 0.2) is 23.8 Å². The number of benzene rings is 1. The molecule has 0 fully saturated rings. The first kappa shape index (κ1) is 16.9. The predicted molar refractivity (Wildman–Crippen MR) is 92.8 cm³/mol. The van der Waals surface area contributed by atoms with Crippen molar-refractivity contribution in [1.29, 1.82) is 0 Å². The molecule has 1 N–H and O–H groups in total. The molecule has 0 radical (unpaired) electrons. The van der Waals surface area contributed by atoms with Gasteiger partial charge in [-0.1, -0.05) is 25.5 Å². The van der Waals surface area contributed by atoms with E-state index in [9.17, 15) is 5.11 Å². The van der Waals surface area contributed by atoms with E-state index in [2.05, 4.69) is 32.9 Å². The normalized spacial score (nSPS) is 19.6. The number of allylic oxidation sites excluding steroid dienone is 2. The topological polar surface area (TPSA) is 29.5 Å². The lowest BCUT2D eigenvalue weighted by atomic mass is 9.78. The molecule has 0 bridgehead atoms. The Bertz CT molecular complexity index is 531. The number of ether oxygens (including phenoxy) is 1. The van der Waals surface area contributed by atoms with Crippen molar-refractivity contribution in [2.75, 3.05) is 7.11 Å². The third-order valence-corrected chi connectivity index (χ3v) is 5.24. The van der Waals surface area contributed by atoms with Crippen molar-refractivity contribution in [1.82, 2.24) is 0 Å². The second kappa shape index (κ2) is 7.71. The van der Waals surface area contributed by atoms with Crippen LogP contribution >= 0.6 is 0 Å². The summed E-state index contributed by atoms with van der Waals surface area (Å²) in [5, 5.41) is 9.98. The van der Waals surface area contributed by atoms with Gasteiger partial charge in [-0.25, -0.2) is 0 Å². The average Bonchev–Trinajstić information content (AvgIpc) is 2.53. The van der Waals surface area contributed by atoms with Gasteiger partial charge in [-0.05, 0) is 80.5 Å². The summed E-state index contributed by atoms with van der Waals surface area (Å²) in [7, 11) is 1.63. The maximum absolute atomic E-state index is 9.98. The lowest BCUT2D eigenvalue weighted by Crippen LogP contribution is -2.12. The van der Waals surface area contributed by atoms with Crippen LogP contribution in [0.5, 0.6) is 11.5 Å². The molecule has 1 aromatic rings. The zero-order chi connectivity index (χ0) is 16.1. The molecule has 0 spiro atoms. The molecule has 2 atom stereocenters. The molecule has 122 valence electrons. The van der Waals surface area contributed by atoms with Crippen molar-refractivity contribution < 1.29 is 9.84 Å². The second-order valence-electron chi connectivity index (χ2n) is 6.51. The van der Waals surface area contributed by atoms with E-state index in [1.54, 1.807) is 12.7 Å². The number of hydrogen-bond acceptors (Lipinski definition) is 2. The number of rotatable bonds is 6. The van der Waals surface area contributed by atoms with E-state index < -0.39 is 0 Å². The minimum Gasteiger partial charge on any atom is -0.504 e. The Morgan fingerprint density at radius 2 is 2.23 bits per heavy atom. The van der Waals surface area contributed by atoms with Crippen molar-refractivity contribution in [3.8, 4) is 11.5 Å². The molecule has 0 saturated carbocycles. The van der Waals surface area contributed by atoms with Gasteiger partial charge >= 0.3 is 0 Å². The van der Waals surface area contributed by atoms with E-state index in [1.165, 1.54) is 36.8 Å². The molecule has 1 aromatic carbocycles. The lowest BCUT2D eigenvalue weighted by molar-refractivity contribution is 0.369. The van der Waals surface area contributed by atoms with Gasteiger partial charge in [0.25, 0.3) is 0 Å². The van der Waals surface area contributed by atoms with Crippen LogP contribution in [0.1, 0.15) is 69.9 Å². The summed E-state index contributed by atoms with van der Waals surface area (Å²) in [6.45, 7) is 6.74. The summed E-state index contributed by atoms with van der Waals surface area (Å²) >= 11 is 0. The summed E-state index contributed by atoms with van der Waals surface area (Å²) in [6, 6.07) is 3.97. The van der Waals surface area contributed by atoms with Crippen LogP contribution < -0.4 is 4.74 Å². The minimum absolute atomic E-state index is 0.275. The molecule has 2 nitrogen and oxygen atoms in total. The fourth-order valence-electron chi connectivity index (χ4n) is 3.86. The van der Waals surface area contributed by atoms with E-state index in [0.717, 1.165) is 12.8 Å². The van der Waals surface area contributed by atoms with E-state index >= 15 is 0 Å². The first-order chi connectivity index (χ1) is 10.6. The van der Waals surface area contributed by atoms with Crippen molar-refractivity contribution in [2.45, 2.75) is 65.2 Å². The summed E-state index contributed by atoms with van der Waals surface area (Å²) < 4.78 is 5.30. The second-order valence-corrected chi connectivity index (χ2v) is 6.51. The third-order valence-electron chi connectivity index (χ3n) is 5.24. The van der Waals surface area contributed by atoms with Crippen molar-refractivity contribution in [3.05, 3.63) is 34.9 Å². The van der Waals surface area contributed by atoms with Crippen LogP contribution in [0.25, 0.3) is 0 Å². The van der Waals surface area contributed by atoms with E-state index in [4.69, 9.17) is 4.74 Å². The minimum atomic E-state index is 0.275. The highest BCUT2D eigenvalue weighted by atomic mass is 16.5. The fraction of sp³-hybridized carbons (Fsp3) is 0.600. The maximum atomic E-state index is 9.98. The average molecular weight is 302 g/mol. The van der Waals surface area contributed by atoms with Crippen LogP contribution in [0.4, 0.5) is 0 Å². The van der Waals surface area contributed by atoms with Gasteiger partial charge in [0.05, 0.1) is 7.11 Å². The molecular weight excluding hydrogens is 272 g/mol. The lowest BCUT2D eigenvalue weighted by Gasteiger charge is -2.27. The third kappa shape index (κ3) is 3.66. The number of phenols is 1. The number of fused-ring (bicyclic) bond motifs is 1. The van der Waals surface area contributed by atoms with Gasteiger partial charge in [0.1, 0.15) is 0 Å². The van der Waals surface area contributed by atoms with Crippen molar-refractivity contribution >= 4 is 0 Å². The van der Waals surface area contributed by atoms with E-state index in [-0.39, 0.29) is 5.75 Å². The van der Waals surface area contributed by atoms with Crippen molar-refractivity contribution in [2.24, 2.45) is 5.92 Å². The Morgan fingerprint density at radius 3 is 2.86 bits per heavy atom. The molecule has 2 heteroatoms. The molecule has 0 heterocycles. The van der Waals surface area contributed by atoms with Gasteiger partial charge in [0, 0.05) is 0 Å². The van der Waals surface area contributed by atoms with Crippen LogP contribution in [0.2, 0.25) is 0 Å². The summed E-state index contributed by atoms with van der Waals surface area (Å²) in [4.78, 5) is 0. The maximum Gasteiger partial charge on any atom is 0.160 e. The standard InChI is InChI=1S/C20H30O2/c1-5-15(6-2)14(3)10-11-16-8-7-9-17-12-19(21)20(22-4)13-18(16)17/h5,12-14,16,21H,6-11H2,1-4H3/b15-5+. The molecule has 22 heavy (non-hydrogen) atoms. The number of aromatic hydroxyl groups is 1. The van der Waals surface area contributed by atoms with E-state index in [0.29, 0.717) is 17.6 Å². The quantitative estimate of drug-likeness (QED) is 0.694. The molecule has 1 aliphatic carbocycles. The molecule has 2 rings (SSSR count). The highest BCUT2D eigenvalue weighted by Crippen LogP contribution is 2.41. The van der Waals surface area contributed by atoms with Gasteiger partial charge in [-0.2, -0.15) is 0 Å². The Morgan fingerprint density at radius 1 is 1.45 bits per heavy atom. The number of hydrogen-bond donors (Lipinski definition) is 1. The molecule has 2 unspecified atom stereocenters. The SMILES string of the molecule is C/C=C(\CC)C(C)CCC1CCCc2cc(O)c(OC)cc21. The molecular formula is C20H30O2. The van der Waals surface area contributed by atoms with Crippen LogP contribution in [0, 0.1) is 5.92 Å². The van der Waals surface area contributed by atoms with Gasteiger partial charge in [-0.15, -0.1) is 0 Å². The molecule has 1 aliphatic rings. The molecule has 0 aliphatic heterocycles. The highest BCUT2D eigenvalue weighted by molar-refractivity contribution is 5.48. The van der Waals surface area contributed by atoms with Crippen LogP contribution in [-0.2, 0) is 6.42 Å². The molecule has 0 saturated heterocycles. The largest absolute Gasteiger partial charge is 0.504 e. The summed E-state index contributed by atoms with van der Waals surface area (Å²) in [5.74, 6) is 2.16. The van der Waals surface area contributed by atoms with Crippen LogP contribution in [-0.4, -0.2) is 12.2 Å². The summed E-state index contributed by atoms with van der Waals surface area (Å²) in [5.41, 5.74) is 4.27. The Kier molecular flexibility index (Phi) is 5.93. The Labute approximate surface area is 135 Å². The zero-order valence-electron chi connectivity index (χ0n) is 14.5. The zero-order valence-corrected chi connectivity index (χ0v) is 14.5. The van der Waals surface area contributed by atoms with Crippen LogP contribution in [0.3, 0.4) is 0 Å². The number of aryl methyl sites for hydroxylation is 1. The molecule has 0 aromatic heterocycles. The number of methoxy groups -OCH3 is 1. The number of phenolic OH excluding ortho intramolecular Hbond substituents is 1. The predicted octanol–water partition coefficient (Wildman–Crippen LogP) is 5.59. The molecule has 0 amide bonds.